The number of nitrogens with one attached hydrogen (secondary N) is 2. The molecular formula is C12H10F2N6O2. The minimum absolute atomic E-state index is 0.0552. The minimum Gasteiger partial charge on any atom is -0.497 e. The average molecular weight is 308 g/mol. The molecule has 0 aliphatic rings. The first-order valence-corrected chi connectivity index (χ1v) is 5.87. The Morgan fingerprint density at radius 1 is 1.50 bits per heavy atom. The first-order chi connectivity index (χ1) is 10.6. The summed E-state index contributed by atoms with van der Waals surface area (Å²) in [6.45, 7) is -2.98. The summed E-state index contributed by atoms with van der Waals surface area (Å²) in [6.07, 6.45) is 1.25. The summed E-state index contributed by atoms with van der Waals surface area (Å²) < 4.78 is 34.2. The SMILES string of the molecule is COc1ccc(OC(F)F)c(NC=C(C#N)c2nn[nH]n2)c1. The van der Waals surface area contributed by atoms with E-state index < -0.39 is 6.61 Å². The number of nitrogens with zero attached hydrogens (tertiary/aromatic N) is 4. The summed E-state index contributed by atoms with van der Waals surface area (Å²) in [7, 11) is 1.43. The Bertz CT molecular complexity index is 696. The zero-order valence-corrected chi connectivity index (χ0v) is 11.2. The van der Waals surface area contributed by atoms with Crippen molar-refractivity contribution in [1.82, 2.24) is 20.6 Å². The Balaban J connectivity index is 2.29. The van der Waals surface area contributed by atoms with Crippen LogP contribution in [0.5, 0.6) is 11.5 Å². The molecule has 0 aliphatic carbocycles. The van der Waals surface area contributed by atoms with Crippen molar-refractivity contribution >= 4 is 11.3 Å². The second kappa shape index (κ2) is 6.98. The molecular weight excluding hydrogens is 298 g/mol. The van der Waals surface area contributed by atoms with E-state index in [2.05, 4.69) is 30.7 Å². The number of rotatable bonds is 6. The summed E-state index contributed by atoms with van der Waals surface area (Å²) in [4.78, 5) is 0. The van der Waals surface area contributed by atoms with E-state index in [1.807, 2.05) is 6.07 Å². The summed E-state index contributed by atoms with van der Waals surface area (Å²) in [6, 6.07) is 6.09. The van der Waals surface area contributed by atoms with Gasteiger partial charge in [-0.05, 0) is 17.3 Å². The lowest BCUT2D eigenvalue weighted by molar-refractivity contribution is -0.0493. The highest BCUT2D eigenvalue weighted by atomic mass is 19.3. The van der Waals surface area contributed by atoms with Gasteiger partial charge in [0, 0.05) is 12.3 Å². The molecule has 8 nitrogen and oxygen atoms in total. The number of aromatic amines is 1. The molecule has 2 rings (SSSR count). The number of hydrogen-bond donors (Lipinski definition) is 2. The quantitative estimate of drug-likeness (QED) is 0.783. The standard InChI is InChI=1S/C12H10F2N6O2/c1-21-8-2-3-10(22-12(13)14)9(4-8)16-6-7(5-15)11-17-19-20-18-11/h2-4,6,12,16H,1H3,(H,17,18,19,20). The van der Waals surface area contributed by atoms with Gasteiger partial charge in [0.1, 0.15) is 23.1 Å². The Hall–Kier alpha value is -3.22. The van der Waals surface area contributed by atoms with Crippen molar-refractivity contribution in [1.29, 1.82) is 5.26 Å². The lowest BCUT2D eigenvalue weighted by atomic mass is 10.2. The smallest absolute Gasteiger partial charge is 0.387 e. The number of benzene rings is 1. The van der Waals surface area contributed by atoms with Crippen molar-refractivity contribution in [2.45, 2.75) is 6.61 Å². The summed E-state index contributed by atoms with van der Waals surface area (Å²) >= 11 is 0. The number of ether oxygens (including phenoxy) is 2. The largest absolute Gasteiger partial charge is 0.497 e. The fraction of sp³-hybridized carbons (Fsp3) is 0.167. The van der Waals surface area contributed by atoms with Gasteiger partial charge in [-0.15, -0.1) is 10.2 Å². The number of methoxy groups -OCH3 is 1. The summed E-state index contributed by atoms with van der Waals surface area (Å²) in [5.41, 5.74) is 0.246. The Morgan fingerprint density at radius 3 is 2.91 bits per heavy atom. The highest BCUT2D eigenvalue weighted by Gasteiger charge is 2.11. The van der Waals surface area contributed by atoms with Crippen LogP contribution in [0.25, 0.3) is 5.57 Å². The van der Waals surface area contributed by atoms with Crippen molar-refractivity contribution in [3.63, 3.8) is 0 Å². The van der Waals surface area contributed by atoms with Gasteiger partial charge in [-0.2, -0.15) is 19.3 Å². The third kappa shape index (κ3) is 3.66. The van der Waals surface area contributed by atoms with Crippen molar-refractivity contribution in [3.05, 3.63) is 30.2 Å². The monoisotopic (exact) mass is 308 g/mol. The van der Waals surface area contributed by atoms with E-state index in [9.17, 15) is 8.78 Å². The Morgan fingerprint density at radius 2 is 2.32 bits per heavy atom. The van der Waals surface area contributed by atoms with E-state index >= 15 is 0 Å². The molecule has 0 saturated heterocycles. The molecule has 0 saturated carbocycles. The van der Waals surface area contributed by atoms with Crippen molar-refractivity contribution in [3.8, 4) is 17.6 Å². The topological polar surface area (TPSA) is 109 Å². The lowest BCUT2D eigenvalue weighted by Gasteiger charge is -2.12. The van der Waals surface area contributed by atoms with E-state index in [0.29, 0.717) is 5.75 Å². The van der Waals surface area contributed by atoms with Crippen LogP contribution in [-0.2, 0) is 0 Å². The van der Waals surface area contributed by atoms with Crippen LogP contribution < -0.4 is 14.8 Å². The molecule has 22 heavy (non-hydrogen) atoms. The third-order valence-electron chi connectivity index (χ3n) is 2.48. The van der Waals surface area contributed by atoms with Gasteiger partial charge in [-0.25, -0.2) is 0 Å². The van der Waals surface area contributed by atoms with Crippen LogP contribution in [0.15, 0.2) is 24.4 Å². The van der Waals surface area contributed by atoms with Crippen LogP contribution in [0, 0.1) is 11.3 Å². The van der Waals surface area contributed by atoms with Gasteiger partial charge in [0.05, 0.1) is 12.8 Å². The molecule has 2 N–H and O–H groups in total. The summed E-state index contributed by atoms with van der Waals surface area (Å²) in [5, 5.41) is 24.6. The maximum Gasteiger partial charge on any atom is 0.387 e. The van der Waals surface area contributed by atoms with E-state index in [1.165, 1.54) is 31.5 Å². The first-order valence-electron chi connectivity index (χ1n) is 5.87. The maximum atomic E-state index is 12.4. The second-order valence-corrected chi connectivity index (χ2v) is 3.79. The molecule has 0 unspecified atom stereocenters. The van der Waals surface area contributed by atoms with Crippen molar-refractivity contribution in [2.24, 2.45) is 0 Å². The van der Waals surface area contributed by atoms with Gasteiger partial charge in [0.2, 0.25) is 5.82 Å². The van der Waals surface area contributed by atoms with Gasteiger partial charge in [0.15, 0.2) is 0 Å². The molecule has 10 heteroatoms. The predicted molar refractivity (Wildman–Crippen MR) is 71.0 cm³/mol. The Labute approximate surface area is 123 Å². The molecule has 0 aliphatic heterocycles. The number of tetrazole rings is 1. The highest BCUT2D eigenvalue weighted by molar-refractivity contribution is 5.75. The molecule has 1 aromatic carbocycles. The van der Waals surface area contributed by atoms with Gasteiger partial charge in [-0.1, -0.05) is 0 Å². The molecule has 0 radical (unpaired) electrons. The molecule has 1 heterocycles. The number of halogens is 2. The summed E-state index contributed by atoms with van der Waals surface area (Å²) in [5.74, 6) is 0.391. The number of nitriles is 1. The molecule has 2 aromatic rings. The van der Waals surface area contributed by atoms with Crippen molar-refractivity contribution < 1.29 is 18.3 Å². The lowest BCUT2D eigenvalue weighted by Crippen LogP contribution is -2.04. The van der Waals surface area contributed by atoms with Crippen LogP contribution >= 0.6 is 0 Å². The normalized spacial score (nSPS) is 11.1. The molecule has 0 atom stereocenters. The van der Waals surface area contributed by atoms with Gasteiger partial charge in [0.25, 0.3) is 0 Å². The zero-order valence-electron chi connectivity index (χ0n) is 11.2. The van der Waals surface area contributed by atoms with Crippen LogP contribution in [0.3, 0.4) is 0 Å². The van der Waals surface area contributed by atoms with Gasteiger partial charge < -0.3 is 14.8 Å². The van der Waals surface area contributed by atoms with E-state index in [1.54, 1.807) is 0 Å². The van der Waals surface area contributed by atoms with Gasteiger partial charge >= 0.3 is 6.61 Å². The van der Waals surface area contributed by atoms with E-state index in [0.717, 1.165) is 0 Å². The maximum absolute atomic E-state index is 12.4. The highest BCUT2D eigenvalue weighted by Crippen LogP contribution is 2.30. The number of anilines is 1. The molecule has 1 aromatic heterocycles. The zero-order chi connectivity index (χ0) is 15.9. The van der Waals surface area contributed by atoms with Crippen LogP contribution in [0.2, 0.25) is 0 Å². The molecule has 0 fully saturated rings. The minimum atomic E-state index is -2.98. The van der Waals surface area contributed by atoms with Crippen molar-refractivity contribution in [2.75, 3.05) is 12.4 Å². The molecule has 0 spiro atoms. The van der Waals surface area contributed by atoms with Crippen LogP contribution in [-0.4, -0.2) is 34.3 Å². The fourth-order valence-electron chi connectivity index (χ4n) is 1.52. The molecule has 114 valence electrons. The van der Waals surface area contributed by atoms with Crippen LogP contribution in [0.4, 0.5) is 14.5 Å². The third-order valence-corrected chi connectivity index (χ3v) is 2.48. The Kier molecular flexibility index (Phi) is 4.81. The number of hydrogen-bond acceptors (Lipinski definition) is 7. The number of alkyl halides is 2. The molecule has 0 bridgehead atoms. The van der Waals surface area contributed by atoms with E-state index in [4.69, 9.17) is 10.00 Å². The first kappa shape index (κ1) is 15.2. The molecule has 0 amide bonds. The fourth-order valence-corrected chi connectivity index (χ4v) is 1.52. The number of aromatic nitrogens is 4. The van der Waals surface area contributed by atoms with Crippen LogP contribution in [0.1, 0.15) is 5.82 Å². The van der Waals surface area contributed by atoms with E-state index in [-0.39, 0.29) is 22.8 Å². The second-order valence-electron chi connectivity index (χ2n) is 3.79. The van der Waals surface area contributed by atoms with Gasteiger partial charge in [-0.3, -0.25) is 0 Å². The predicted octanol–water partition coefficient (Wildman–Crippen LogP) is 1.79. The number of allylic oxidation sites excluding steroid dienone is 1. The average Bonchev–Trinajstić information content (AvgIpc) is 3.03. The number of H-pyrrole nitrogens is 1.